The number of amides is 1. The summed E-state index contributed by atoms with van der Waals surface area (Å²) in [6, 6.07) is 20.8. The molecule has 1 unspecified atom stereocenters. The molecule has 1 heterocycles. The van der Waals surface area contributed by atoms with E-state index in [1.165, 1.54) is 16.7 Å². The molecule has 2 aromatic carbocycles. The lowest BCUT2D eigenvalue weighted by Crippen LogP contribution is -2.31. The van der Waals surface area contributed by atoms with E-state index >= 15 is 0 Å². The third-order valence-electron chi connectivity index (χ3n) is 4.54. The second-order valence-electron chi connectivity index (χ2n) is 6.98. The number of aromatic nitrogens is 1. The van der Waals surface area contributed by atoms with E-state index < -0.39 is 0 Å². The molecule has 4 heteroatoms. The van der Waals surface area contributed by atoms with Crippen LogP contribution in [0, 0.1) is 0 Å². The minimum absolute atomic E-state index is 0.00667. The summed E-state index contributed by atoms with van der Waals surface area (Å²) >= 11 is 0. The molecule has 0 bridgehead atoms. The first-order valence-corrected chi connectivity index (χ1v) is 9.58. The summed E-state index contributed by atoms with van der Waals surface area (Å²) < 4.78 is 5.84. The molecule has 1 amide bonds. The number of benzene rings is 2. The zero-order valence-corrected chi connectivity index (χ0v) is 16.4. The highest BCUT2D eigenvalue weighted by atomic mass is 16.5. The van der Waals surface area contributed by atoms with Crippen molar-refractivity contribution in [3.05, 3.63) is 84.2 Å². The first kappa shape index (κ1) is 19.6. The normalized spacial score (nSPS) is 11.6. The highest BCUT2D eigenvalue weighted by molar-refractivity contribution is 5.73. The number of carbonyl (C=O) groups is 1. The van der Waals surface area contributed by atoms with E-state index in [2.05, 4.69) is 46.7 Å². The van der Waals surface area contributed by atoms with Gasteiger partial charge in [0.05, 0.1) is 6.61 Å². The lowest BCUT2D eigenvalue weighted by atomic mass is 10.0. The van der Waals surface area contributed by atoms with E-state index in [0.717, 1.165) is 24.2 Å². The van der Waals surface area contributed by atoms with Crippen molar-refractivity contribution in [2.75, 3.05) is 6.61 Å². The summed E-state index contributed by atoms with van der Waals surface area (Å²) in [6.07, 6.45) is 5.29. The summed E-state index contributed by atoms with van der Waals surface area (Å²) in [7, 11) is 0. The number of ether oxygens (including phenoxy) is 1. The van der Waals surface area contributed by atoms with Crippen LogP contribution in [0.2, 0.25) is 0 Å². The first-order chi connectivity index (χ1) is 13.6. The second kappa shape index (κ2) is 9.70. The summed E-state index contributed by atoms with van der Waals surface area (Å²) in [5.41, 5.74) is 4.75. The maximum atomic E-state index is 11.1. The number of hydrogen-bond acceptors (Lipinski definition) is 3. The largest absolute Gasteiger partial charge is 0.493 e. The number of rotatable bonds is 8. The monoisotopic (exact) mass is 374 g/mol. The van der Waals surface area contributed by atoms with Gasteiger partial charge in [0.25, 0.3) is 0 Å². The molecule has 0 radical (unpaired) electrons. The quantitative estimate of drug-likeness (QED) is 0.634. The lowest BCUT2D eigenvalue weighted by Gasteiger charge is -2.13. The third-order valence-corrected chi connectivity index (χ3v) is 4.54. The summed E-state index contributed by atoms with van der Waals surface area (Å²) in [4.78, 5) is 15.1. The molecule has 3 aromatic rings. The van der Waals surface area contributed by atoms with Gasteiger partial charge < -0.3 is 10.1 Å². The van der Waals surface area contributed by atoms with Crippen molar-refractivity contribution >= 4 is 5.91 Å². The molecule has 0 aliphatic carbocycles. The minimum Gasteiger partial charge on any atom is -0.493 e. The van der Waals surface area contributed by atoms with Crippen LogP contribution < -0.4 is 10.1 Å². The zero-order valence-electron chi connectivity index (χ0n) is 16.4. The van der Waals surface area contributed by atoms with Crippen molar-refractivity contribution in [1.82, 2.24) is 10.3 Å². The maximum absolute atomic E-state index is 11.1. The highest BCUT2D eigenvalue weighted by Crippen LogP contribution is 2.23. The van der Waals surface area contributed by atoms with E-state index in [1.807, 2.05) is 31.2 Å². The molecule has 1 atom stereocenters. The first-order valence-electron chi connectivity index (χ1n) is 9.58. The van der Waals surface area contributed by atoms with Crippen molar-refractivity contribution in [3.63, 3.8) is 0 Å². The number of carbonyl (C=O) groups excluding carboxylic acids is 1. The van der Waals surface area contributed by atoms with E-state index in [9.17, 15) is 4.79 Å². The molecule has 0 fully saturated rings. The molecule has 0 saturated heterocycles. The van der Waals surface area contributed by atoms with Gasteiger partial charge in [0.2, 0.25) is 5.91 Å². The van der Waals surface area contributed by atoms with Crippen LogP contribution >= 0.6 is 0 Å². The predicted molar refractivity (Wildman–Crippen MR) is 112 cm³/mol. The third kappa shape index (κ3) is 5.95. The van der Waals surface area contributed by atoms with E-state index in [0.29, 0.717) is 6.61 Å². The van der Waals surface area contributed by atoms with Gasteiger partial charge in [0.15, 0.2) is 0 Å². The van der Waals surface area contributed by atoms with Crippen LogP contribution in [0.1, 0.15) is 25.0 Å². The Hall–Kier alpha value is -3.14. The van der Waals surface area contributed by atoms with Crippen molar-refractivity contribution in [3.8, 4) is 16.9 Å². The Morgan fingerprint density at radius 1 is 0.929 bits per heavy atom. The Labute approximate surface area is 166 Å². The van der Waals surface area contributed by atoms with Gasteiger partial charge in [0.1, 0.15) is 5.75 Å². The standard InChI is InChI=1S/C24H26N2O2/c1-18(26-19(2)27)17-21-3-5-22(6-4-21)23-7-9-24(10-8-23)28-16-13-20-11-14-25-15-12-20/h3-12,14-15,18H,13,16-17H2,1-2H3,(H,26,27). The average molecular weight is 374 g/mol. The van der Waals surface area contributed by atoms with E-state index in [4.69, 9.17) is 4.74 Å². The fraction of sp³-hybridized carbons (Fsp3) is 0.250. The fourth-order valence-electron chi connectivity index (χ4n) is 3.16. The molecule has 0 saturated carbocycles. The Morgan fingerprint density at radius 2 is 1.54 bits per heavy atom. The zero-order chi connectivity index (χ0) is 19.8. The summed E-state index contributed by atoms with van der Waals surface area (Å²) in [5.74, 6) is 0.880. The maximum Gasteiger partial charge on any atom is 0.217 e. The lowest BCUT2D eigenvalue weighted by molar-refractivity contribution is -0.119. The van der Waals surface area contributed by atoms with Gasteiger partial charge in [-0.3, -0.25) is 9.78 Å². The molecule has 4 nitrogen and oxygen atoms in total. The Bertz CT molecular complexity index is 875. The van der Waals surface area contributed by atoms with Crippen molar-refractivity contribution in [1.29, 1.82) is 0 Å². The predicted octanol–water partition coefficient (Wildman–Crippen LogP) is 4.44. The van der Waals surface area contributed by atoms with Gasteiger partial charge in [-0.1, -0.05) is 36.4 Å². The average Bonchev–Trinajstić information content (AvgIpc) is 2.69. The Morgan fingerprint density at radius 3 is 2.14 bits per heavy atom. The van der Waals surface area contributed by atoms with Gasteiger partial charge in [-0.15, -0.1) is 0 Å². The van der Waals surface area contributed by atoms with Crippen molar-refractivity contribution in [2.24, 2.45) is 0 Å². The SMILES string of the molecule is CC(=O)NC(C)Cc1ccc(-c2ccc(OCCc3ccncc3)cc2)cc1. The van der Waals surface area contributed by atoms with Crippen LogP contribution in [-0.2, 0) is 17.6 Å². The molecule has 0 spiro atoms. The van der Waals surface area contributed by atoms with Gasteiger partial charge >= 0.3 is 0 Å². The Kier molecular flexibility index (Phi) is 6.79. The van der Waals surface area contributed by atoms with Gasteiger partial charge in [0, 0.05) is 31.8 Å². The topological polar surface area (TPSA) is 51.2 Å². The summed E-state index contributed by atoms with van der Waals surface area (Å²) in [6.45, 7) is 4.21. The van der Waals surface area contributed by atoms with Crippen molar-refractivity contribution < 1.29 is 9.53 Å². The summed E-state index contributed by atoms with van der Waals surface area (Å²) in [5, 5.41) is 2.91. The van der Waals surface area contributed by atoms with Crippen LogP contribution in [0.3, 0.4) is 0 Å². The molecule has 144 valence electrons. The number of hydrogen-bond donors (Lipinski definition) is 1. The fourth-order valence-corrected chi connectivity index (χ4v) is 3.16. The molecular weight excluding hydrogens is 348 g/mol. The van der Waals surface area contributed by atoms with Crippen LogP contribution in [0.4, 0.5) is 0 Å². The molecular formula is C24H26N2O2. The molecule has 3 rings (SSSR count). The van der Waals surface area contributed by atoms with E-state index in [1.54, 1.807) is 19.3 Å². The molecule has 1 N–H and O–H groups in total. The molecule has 0 aliphatic heterocycles. The van der Waals surface area contributed by atoms with Crippen LogP contribution in [0.25, 0.3) is 11.1 Å². The second-order valence-corrected chi connectivity index (χ2v) is 6.98. The van der Waals surface area contributed by atoms with E-state index in [-0.39, 0.29) is 11.9 Å². The van der Waals surface area contributed by atoms with Gasteiger partial charge in [-0.2, -0.15) is 0 Å². The molecule has 28 heavy (non-hydrogen) atoms. The van der Waals surface area contributed by atoms with Crippen LogP contribution in [0.15, 0.2) is 73.1 Å². The van der Waals surface area contributed by atoms with Crippen LogP contribution in [-0.4, -0.2) is 23.5 Å². The molecule has 1 aromatic heterocycles. The Balaban J connectivity index is 1.53. The number of pyridine rings is 1. The molecule has 0 aliphatic rings. The van der Waals surface area contributed by atoms with Gasteiger partial charge in [-0.05, 0) is 59.9 Å². The minimum atomic E-state index is 0.00667. The highest BCUT2D eigenvalue weighted by Gasteiger charge is 2.05. The number of nitrogens with zero attached hydrogens (tertiary/aromatic N) is 1. The van der Waals surface area contributed by atoms with Gasteiger partial charge in [-0.25, -0.2) is 0 Å². The number of nitrogens with one attached hydrogen (secondary N) is 1. The van der Waals surface area contributed by atoms with Crippen LogP contribution in [0.5, 0.6) is 5.75 Å². The van der Waals surface area contributed by atoms with Crippen molar-refractivity contribution in [2.45, 2.75) is 32.7 Å². The smallest absolute Gasteiger partial charge is 0.217 e.